The Kier molecular flexibility index (Phi) is 6.54. The van der Waals surface area contributed by atoms with Crippen molar-refractivity contribution in [3.05, 3.63) is 30.3 Å². The molecule has 2 atom stereocenters. The van der Waals surface area contributed by atoms with Gasteiger partial charge in [-0.2, -0.15) is 0 Å². The van der Waals surface area contributed by atoms with Gasteiger partial charge in [-0.3, -0.25) is 9.59 Å². The normalized spacial score (nSPS) is 23.3. The SMILES string of the molecule is CC1CCN(C(=O)C2CCN(C(=O)COc3ccccc3)CC2)C(C(=O)O)C1. The molecule has 2 aliphatic heterocycles. The van der Waals surface area contributed by atoms with Crippen molar-refractivity contribution in [2.75, 3.05) is 26.2 Å². The Morgan fingerprint density at radius 2 is 1.75 bits per heavy atom. The van der Waals surface area contributed by atoms with E-state index in [-0.39, 0.29) is 24.3 Å². The second-order valence-electron chi connectivity index (χ2n) is 7.77. The molecule has 2 unspecified atom stereocenters. The summed E-state index contributed by atoms with van der Waals surface area (Å²) in [6.45, 7) is 3.50. The lowest BCUT2D eigenvalue weighted by molar-refractivity contribution is -0.156. The molecule has 7 heteroatoms. The quantitative estimate of drug-likeness (QED) is 0.834. The molecule has 0 bridgehead atoms. The number of piperidine rings is 2. The lowest BCUT2D eigenvalue weighted by Crippen LogP contribution is -2.53. The summed E-state index contributed by atoms with van der Waals surface area (Å²) in [6, 6.07) is 8.46. The smallest absolute Gasteiger partial charge is 0.326 e. The Bertz CT molecular complexity index is 700. The van der Waals surface area contributed by atoms with Gasteiger partial charge in [-0.25, -0.2) is 4.79 Å². The van der Waals surface area contributed by atoms with Gasteiger partial charge < -0.3 is 19.6 Å². The average Bonchev–Trinajstić information content (AvgIpc) is 2.72. The highest BCUT2D eigenvalue weighted by atomic mass is 16.5. The third-order valence-electron chi connectivity index (χ3n) is 5.74. The van der Waals surface area contributed by atoms with Gasteiger partial charge in [0, 0.05) is 25.6 Å². The van der Waals surface area contributed by atoms with Crippen LogP contribution in [0, 0.1) is 11.8 Å². The molecule has 2 aliphatic rings. The molecule has 2 amide bonds. The fraction of sp³-hybridized carbons (Fsp3) is 0.571. The molecule has 2 saturated heterocycles. The summed E-state index contributed by atoms with van der Waals surface area (Å²) in [6.07, 6.45) is 2.47. The van der Waals surface area contributed by atoms with Crippen molar-refractivity contribution >= 4 is 17.8 Å². The second kappa shape index (κ2) is 9.08. The molecule has 1 N–H and O–H groups in total. The fourth-order valence-corrected chi connectivity index (χ4v) is 4.00. The Morgan fingerprint density at radius 3 is 2.39 bits per heavy atom. The van der Waals surface area contributed by atoms with Gasteiger partial charge in [-0.1, -0.05) is 25.1 Å². The number of benzene rings is 1. The standard InChI is InChI=1S/C21H28N2O5/c1-15-7-12-23(18(13-15)21(26)27)20(25)16-8-10-22(11-9-16)19(24)14-28-17-5-3-2-4-6-17/h2-6,15-16,18H,7-14H2,1H3,(H,26,27). The maximum Gasteiger partial charge on any atom is 0.326 e. The van der Waals surface area contributed by atoms with E-state index in [4.69, 9.17) is 4.74 Å². The van der Waals surface area contributed by atoms with Gasteiger partial charge in [0.2, 0.25) is 5.91 Å². The summed E-state index contributed by atoms with van der Waals surface area (Å²) in [5.41, 5.74) is 0. The number of ether oxygens (including phenoxy) is 1. The maximum atomic E-state index is 12.9. The molecular weight excluding hydrogens is 360 g/mol. The first kappa shape index (κ1) is 20.2. The van der Waals surface area contributed by atoms with Crippen LogP contribution in [0.25, 0.3) is 0 Å². The molecule has 1 aromatic rings. The topological polar surface area (TPSA) is 87.2 Å². The Hall–Kier alpha value is -2.57. The van der Waals surface area contributed by atoms with Crippen molar-refractivity contribution in [2.24, 2.45) is 11.8 Å². The molecule has 0 aliphatic carbocycles. The molecular formula is C21H28N2O5. The summed E-state index contributed by atoms with van der Waals surface area (Å²) in [4.78, 5) is 40.1. The van der Waals surface area contributed by atoms with Crippen LogP contribution in [0.1, 0.15) is 32.6 Å². The van der Waals surface area contributed by atoms with Crippen molar-refractivity contribution in [3.63, 3.8) is 0 Å². The third-order valence-corrected chi connectivity index (χ3v) is 5.74. The summed E-state index contributed by atoms with van der Waals surface area (Å²) in [5, 5.41) is 9.48. The van der Waals surface area contributed by atoms with E-state index >= 15 is 0 Å². The van der Waals surface area contributed by atoms with Gasteiger partial charge in [0.05, 0.1) is 0 Å². The van der Waals surface area contributed by atoms with Gasteiger partial charge in [0.25, 0.3) is 5.91 Å². The number of amides is 2. The maximum absolute atomic E-state index is 12.9. The van der Waals surface area contributed by atoms with E-state index in [1.165, 1.54) is 0 Å². The van der Waals surface area contributed by atoms with E-state index in [9.17, 15) is 19.5 Å². The number of hydrogen-bond donors (Lipinski definition) is 1. The minimum Gasteiger partial charge on any atom is -0.484 e. The van der Waals surface area contributed by atoms with Crippen molar-refractivity contribution < 1.29 is 24.2 Å². The van der Waals surface area contributed by atoms with E-state index in [2.05, 4.69) is 0 Å². The first-order valence-corrected chi connectivity index (χ1v) is 9.94. The van der Waals surface area contributed by atoms with Gasteiger partial charge in [-0.05, 0) is 43.7 Å². The van der Waals surface area contributed by atoms with Crippen LogP contribution in [0.15, 0.2) is 30.3 Å². The predicted molar refractivity (Wildman–Crippen MR) is 103 cm³/mol. The van der Waals surface area contributed by atoms with Crippen LogP contribution in [0.3, 0.4) is 0 Å². The van der Waals surface area contributed by atoms with Crippen LogP contribution in [0.2, 0.25) is 0 Å². The van der Waals surface area contributed by atoms with Crippen molar-refractivity contribution in [3.8, 4) is 5.75 Å². The molecule has 0 spiro atoms. The largest absolute Gasteiger partial charge is 0.484 e. The number of aliphatic carboxylic acids is 1. The van der Waals surface area contributed by atoms with Gasteiger partial charge in [0.15, 0.2) is 6.61 Å². The highest BCUT2D eigenvalue weighted by molar-refractivity contribution is 5.85. The fourth-order valence-electron chi connectivity index (χ4n) is 4.00. The minimum atomic E-state index is -0.925. The molecule has 152 valence electrons. The summed E-state index contributed by atoms with van der Waals surface area (Å²) >= 11 is 0. The van der Waals surface area contributed by atoms with Crippen LogP contribution in [-0.4, -0.2) is 65.0 Å². The number of para-hydroxylation sites is 1. The van der Waals surface area contributed by atoms with E-state index < -0.39 is 12.0 Å². The number of nitrogens with zero attached hydrogens (tertiary/aromatic N) is 2. The molecule has 0 saturated carbocycles. The zero-order valence-corrected chi connectivity index (χ0v) is 16.3. The molecule has 0 radical (unpaired) electrons. The van der Waals surface area contributed by atoms with Gasteiger partial charge in [-0.15, -0.1) is 0 Å². The number of rotatable bonds is 5. The first-order chi connectivity index (χ1) is 13.5. The molecule has 2 heterocycles. The average molecular weight is 388 g/mol. The zero-order chi connectivity index (χ0) is 20.1. The van der Waals surface area contributed by atoms with Crippen molar-refractivity contribution in [2.45, 2.75) is 38.6 Å². The van der Waals surface area contributed by atoms with Crippen LogP contribution < -0.4 is 4.74 Å². The lowest BCUT2D eigenvalue weighted by Gasteiger charge is -2.40. The van der Waals surface area contributed by atoms with Gasteiger partial charge in [0.1, 0.15) is 11.8 Å². The minimum absolute atomic E-state index is 0.0201. The van der Waals surface area contributed by atoms with E-state index in [0.717, 1.165) is 6.42 Å². The van der Waals surface area contributed by atoms with E-state index in [1.54, 1.807) is 21.9 Å². The Morgan fingerprint density at radius 1 is 1.07 bits per heavy atom. The molecule has 0 aromatic heterocycles. The number of hydrogen-bond acceptors (Lipinski definition) is 4. The van der Waals surface area contributed by atoms with Crippen LogP contribution in [0.4, 0.5) is 0 Å². The van der Waals surface area contributed by atoms with E-state index in [1.807, 2.05) is 25.1 Å². The summed E-state index contributed by atoms with van der Waals surface area (Å²) < 4.78 is 5.51. The first-order valence-electron chi connectivity index (χ1n) is 9.94. The molecule has 7 nitrogen and oxygen atoms in total. The number of likely N-dealkylation sites (tertiary alicyclic amines) is 2. The van der Waals surface area contributed by atoms with E-state index in [0.29, 0.717) is 50.6 Å². The number of carbonyl (C=O) groups excluding carboxylic acids is 2. The molecule has 3 rings (SSSR count). The Balaban J connectivity index is 1.49. The molecule has 28 heavy (non-hydrogen) atoms. The van der Waals surface area contributed by atoms with Crippen LogP contribution in [0.5, 0.6) is 5.75 Å². The Labute approximate surface area is 165 Å². The lowest BCUT2D eigenvalue weighted by atomic mass is 9.89. The summed E-state index contributed by atoms with van der Waals surface area (Å²) in [7, 11) is 0. The van der Waals surface area contributed by atoms with Crippen molar-refractivity contribution in [1.29, 1.82) is 0 Å². The highest BCUT2D eigenvalue weighted by Crippen LogP contribution is 2.27. The van der Waals surface area contributed by atoms with Crippen LogP contribution >= 0.6 is 0 Å². The predicted octanol–water partition coefficient (Wildman–Crippen LogP) is 2.02. The van der Waals surface area contributed by atoms with Crippen molar-refractivity contribution in [1.82, 2.24) is 9.80 Å². The monoisotopic (exact) mass is 388 g/mol. The number of carboxylic acid groups (broad SMARTS) is 1. The molecule has 1 aromatic carbocycles. The highest BCUT2D eigenvalue weighted by Gasteiger charge is 2.38. The number of carboxylic acids is 1. The van der Waals surface area contributed by atoms with Gasteiger partial charge >= 0.3 is 5.97 Å². The third kappa shape index (κ3) is 4.82. The van der Waals surface area contributed by atoms with Crippen LogP contribution in [-0.2, 0) is 14.4 Å². The molecule has 2 fully saturated rings. The zero-order valence-electron chi connectivity index (χ0n) is 16.3. The second-order valence-corrected chi connectivity index (χ2v) is 7.77. The number of carbonyl (C=O) groups is 3. The summed E-state index contributed by atoms with van der Waals surface area (Å²) in [5.74, 6) is -0.342.